The van der Waals surface area contributed by atoms with Crippen LogP contribution in [0, 0.1) is 0 Å². The quantitative estimate of drug-likeness (QED) is 0.151. The Balaban J connectivity index is 0.0000000976. The van der Waals surface area contributed by atoms with Crippen molar-refractivity contribution in [3.63, 3.8) is 0 Å². The summed E-state index contributed by atoms with van der Waals surface area (Å²) >= 11 is 3.75. The zero-order valence-electron chi connectivity index (χ0n) is 80.2. The van der Waals surface area contributed by atoms with Crippen LogP contribution in [0.2, 0.25) is 0 Å². The van der Waals surface area contributed by atoms with Gasteiger partial charge in [0, 0.05) is 210 Å². The van der Waals surface area contributed by atoms with Crippen LogP contribution in [-0.4, -0.2) is 22.8 Å². The van der Waals surface area contributed by atoms with Crippen LogP contribution in [-0.2, 0) is 0 Å². The Morgan fingerprint density at radius 1 is 0.133 bits per heavy atom. The van der Waals surface area contributed by atoms with Gasteiger partial charge in [0.1, 0.15) is 55.8 Å². The van der Waals surface area contributed by atoms with Gasteiger partial charge < -0.3 is 44.9 Å². The summed E-state index contributed by atoms with van der Waals surface area (Å²) in [4.78, 5) is 0. The molecule has 10 nitrogen and oxygen atoms in total. The molecule has 0 aliphatic carbocycles. The second-order valence-corrected chi connectivity index (χ2v) is 41.5. The van der Waals surface area contributed by atoms with E-state index in [-0.39, 0.29) is 0 Å². The third-order valence-corrected chi connectivity index (χ3v) is 33.9. The molecular weight excluding hydrogens is 1870 g/mol. The average Bonchev–Trinajstić information content (AvgIpc) is 1.58. The van der Waals surface area contributed by atoms with E-state index < -0.39 is 0 Å². The van der Waals surface area contributed by atoms with Crippen LogP contribution in [0.5, 0.6) is 0 Å². The van der Waals surface area contributed by atoms with E-state index in [1.54, 1.807) is 0 Å². The third-order valence-electron chi connectivity index (χ3n) is 31.5. The fourth-order valence-electron chi connectivity index (χ4n) is 25.0. The maximum Gasteiger partial charge on any atom is 0.143 e. The van der Waals surface area contributed by atoms with Crippen LogP contribution in [0.4, 0.5) is 0 Å². The number of hydrogen-bond acceptors (Lipinski definition) is 7. The normalized spacial score (nSPS) is 12.3. The molecule has 0 N–H and O–H groups in total. The predicted octanol–water partition coefficient (Wildman–Crippen LogP) is 39.8. The molecule has 698 valence electrons. The first-order valence-electron chi connectivity index (χ1n) is 50.9. The molecule has 0 fully saturated rings. The smallest absolute Gasteiger partial charge is 0.143 e. The van der Waals surface area contributed by atoms with Crippen LogP contribution >= 0.6 is 22.7 Å². The Morgan fingerprint density at radius 3 is 0.727 bits per heavy atom. The summed E-state index contributed by atoms with van der Waals surface area (Å²) in [6.45, 7) is 0. The second-order valence-electron chi connectivity index (χ2n) is 39.4. The largest absolute Gasteiger partial charge is 0.455 e. The summed E-state index contributed by atoms with van der Waals surface area (Å²) in [6, 6.07) is 172. The molecule has 12 heteroatoms. The van der Waals surface area contributed by atoms with Gasteiger partial charge in [-0.1, -0.05) is 315 Å². The molecule has 0 atom stereocenters. The molecule has 0 aliphatic heterocycles. The maximum absolute atomic E-state index is 6.70. The van der Waals surface area contributed by atoms with E-state index in [0.29, 0.717) is 0 Å². The highest BCUT2D eigenvalue weighted by atomic mass is 32.1. The van der Waals surface area contributed by atoms with Crippen molar-refractivity contribution in [1.82, 2.24) is 22.8 Å². The molecule has 0 spiro atoms. The van der Waals surface area contributed by atoms with E-state index in [1.807, 2.05) is 34.8 Å². The van der Waals surface area contributed by atoms with Gasteiger partial charge in [0.15, 0.2) is 0 Å². The zero-order valence-corrected chi connectivity index (χ0v) is 81.8. The number of aromatic nitrogens is 5. The lowest BCUT2D eigenvalue weighted by Gasteiger charge is -2.10. The molecule has 0 bridgehead atoms. The Morgan fingerprint density at radius 2 is 0.360 bits per heavy atom. The second kappa shape index (κ2) is 32.0. The first-order chi connectivity index (χ1) is 74.4. The van der Waals surface area contributed by atoms with Crippen molar-refractivity contribution in [3.05, 3.63) is 479 Å². The molecule has 12 aromatic heterocycles. The van der Waals surface area contributed by atoms with Gasteiger partial charge in [0.2, 0.25) is 0 Å². The van der Waals surface area contributed by atoms with E-state index in [0.717, 1.165) is 171 Å². The number of nitrogens with zero attached hydrogens (tertiary/aromatic N) is 5. The Bertz CT molecular complexity index is 11600. The topological polar surface area (TPSA) is 90.3 Å². The standard InChI is InChI=1S/2C48H28N2O2.C42H23NOS2/c1-5-19-41-31(11-1)32-12-2-6-20-42(32)49(41)29-23-25-45-39(27-29)37-17-9-15-35(47(37)51-45)36-16-10-18-38-40-28-30(24-26-46(40)52-48(36)38)50-43-21-7-3-13-33(43)34-14-4-8-22-44(34)50;1-5-19-41-31(11-1)32-12-2-6-20-42(32)49(41)29-23-25-44-39(27-29)33-13-3-7-21-43(33)50(44)30-24-26-46-40(28-30)38-18-10-17-37(48(38)52-46)36-16-9-15-35-34-14-4-8-22-45(34)51-47(35)36;1-4-16-34-32(11-1)39-35(21-20-31-26-10-3-6-18-38(26)46-42(31)39)43(34)24-19-22-36-33(23-24)28-13-7-12-27(40(28)44-36)30-15-8-14-29-25-9-2-5-17-37(25)45-41(29)30/h2*1-28H;1-23H. The highest BCUT2D eigenvalue weighted by molar-refractivity contribution is 7.27. The first-order valence-corrected chi connectivity index (χ1v) is 52.5. The van der Waals surface area contributed by atoms with Crippen molar-refractivity contribution in [3.8, 4) is 61.8 Å². The lowest BCUT2D eigenvalue weighted by Crippen LogP contribution is -1.95. The molecule has 0 saturated heterocycles. The maximum atomic E-state index is 6.70. The van der Waals surface area contributed by atoms with Gasteiger partial charge in [0.25, 0.3) is 0 Å². The van der Waals surface area contributed by atoms with Gasteiger partial charge in [-0.3, -0.25) is 0 Å². The average molecular weight is 1950 g/mol. The van der Waals surface area contributed by atoms with Crippen molar-refractivity contribution >= 4 is 282 Å². The Labute approximate surface area is 861 Å². The van der Waals surface area contributed by atoms with Crippen molar-refractivity contribution in [1.29, 1.82) is 0 Å². The van der Waals surface area contributed by atoms with Crippen LogP contribution in [0.25, 0.3) is 321 Å². The van der Waals surface area contributed by atoms with Gasteiger partial charge in [0.05, 0.1) is 55.2 Å². The fraction of sp³-hybridized carbons (Fsp3) is 0. The number of benzene rings is 23. The molecule has 35 aromatic rings. The minimum atomic E-state index is 0.857. The van der Waals surface area contributed by atoms with Crippen LogP contribution < -0.4 is 0 Å². The lowest BCUT2D eigenvalue weighted by atomic mass is 10.00. The SMILES string of the molecule is c1cc(-c2cccc3c2oc2ccc(-n4c5ccccc5c5ccccc54)cc23)c2oc3ccc(-n4c5ccccc5c5ccccc54)cc3c2c1.c1ccc2c(c1)oc1c(-c3cccc4c3oc3ccc(-n5c6ccccc6c6cc(-n7c8ccccc8c8ccccc87)ccc65)cc34)cccc12.c1ccc2c(c1)sc1c(-c3cccc4c3oc3ccc(-n5c6ccccc6c6c7sc8ccccc8c7ccc65)cc34)cccc12. The van der Waals surface area contributed by atoms with E-state index in [9.17, 15) is 0 Å². The lowest BCUT2D eigenvalue weighted by molar-refractivity contribution is 0.665. The highest BCUT2D eigenvalue weighted by Gasteiger charge is 2.28. The number of rotatable bonds is 8. The van der Waals surface area contributed by atoms with Crippen LogP contribution in [0.1, 0.15) is 0 Å². The van der Waals surface area contributed by atoms with Gasteiger partial charge in [-0.05, 0) is 164 Å². The number of thiophene rings is 2. The summed E-state index contributed by atoms with van der Waals surface area (Å²) in [5.74, 6) is 0. The number of fused-ring (bicyclic) bond motifs is 37. The molecule has 150 heavy (non-hydrogen) atoms. The Kier molecular flexibility index (Phi) is 17.7. The number of furan rings is 5. The monoisotopic (exact) mass is 1950 g/mol. The van der Waals surface area contributed by atoms with Crippen molar-refractivity contribution < 1.29 is 22.1 Å². The predicted molar refractivity (Wildman–Crippen MR) is 629 cm³/mol. The molecule has 12 heterocycles. The van der Waals surface area contributed by atoms with E-state index in [4.69, 9.17) is 22.1 Å². The fourth-order valence-corrected chi connectivity index (χ4v) is 27.5. The molecular formula is C138H79N5O5S2. The zero-order chi connectivity index (χ0) is 97.8. The molecule has 0 aliphatic rings. The van der Waals surface area contributed by atoms with Crippen LogP contribution in [0.3, 0.4) is 0 Å². The summed E-state index contributed by atoms with van der Waals surface area (Å²) in [5.41, 5.74) is 32.7. The minimum absolute atomic E-state index is 0.857. The van der Waals surface area contributed by atoms with Gasteiger partial charge in [-0.25, -0.2) is 0 Å². The molecule has 35 rings (SSSR count). The molecule has 0 saturated carbocycles. The van der Waals surface area contributed by atoms with E-state index in [2.05, 4.69) is 490 Å². The third kappa shape index (κ3) is 12.1. The Hall–Kier alpha value is -19.5. The van der Waals surface area contributed by atoms with Crippen molar-refractivity contribution in [2.24, 2.45) is 0 Å². The van der Waals surface area contributed by atoms with E-state index >= 15 is 0 Å². The molecule has 23 aromatic carbocycles. The molecule has 0 radical (unpaired) electrons. The van der Waals surface area contributed by atoms with E-state index in [1.165, 1.54) is 149 Å². The van der Waals surface area contributed by atoms with Gasteiger partial charge in [-0.2, -0.15) is 0 Å². The highest BCUT2D eigenvalue weighted by Crippen LogP contribution is 2.52. The molecule has 0 amide bonds. The summed E-state index contributed by atoms with van der Waals surface area (Å²) < 4.78 is 50.4. The van der Waals surface area contributed by atoms with Crippen molar-refractivity contribution in [2.45, 2.75) is 0 Å². The minimum Gasteiger partial charge on any atom is -0.455 e. The first kappa shape index (κ1) is 82.9. The van der Waals surface area contributed by atoms with Crippen molar-refractivity contribution in [2.75, 3.05) is 0 Å². The number of para-hydroxylation sites is 14. The summed E-state index contributed by atoms with van der Waals surface area (Å²) in [5, 5.41) is 28.8. The van der Waals surface area contributed by atoms with Gasteiger partial charge in [-0.15, -0.1) is 22.7 Å². The summed E-state index contributed by atoms with van der Waals surface area (Å²) in [6.07, 6.45) is 0. The summed E-state index contributed by atoms with van der Waals surface area (Å²) in [7, 11) is 0. The molecule has 0 unspecified atom stereocenters. The number of hydrogen-bond donors (Lipinski definition) is 0. The van der Waals surface area contributed by atoms with Crippen LogP contribution in [0.15, 0.2) is 501 Å². The van der Waals surface area contributed by atoms with Gasteiger partial charge >= 0.3 is 0 Å².